The van der Waals surface area contributed by atoms with Crippen LogP contribution in [-0.2, 0) is 0 Å². The van der Waals surface area contributed by atoms with Gasteiger partial charge in [-0.15, -0.1) is 10.2 Å². The number of aryl methyl sites for hydroxylation is 1. The van der Waals surface area contributed by atoms with Crippen molar-refractivity contribution in [2.45, 2.75) is 13.8 Å². The van der Waals surface area contributed by atoms with Crippen LogP contribution in [0.3, 0.4) is 0 Å². The largest absolute Gasteiger partial charge is 0.496 e. The molecule has 2 heterocycles. The lowest BCUT2D eigenvalue weighted by molar-refractivity contribution is 0.413. The molecule has 3 rings (SSSR count). The quantitative estimate of drug-likeness (QED) is 0.729. The molecule has 0 saturated carbocycles. The van der Waals surface area contributed by atoms with Gasteiger partial charge in [-0.05, 0) is 31.5 Å². The molecule has 0 aliphatic rings. The van der Waals surface area contributed by atoms with Crippen molar-refractivity contribution in [1.29, 1.82) is 0 Å². The van der Waals surface area contributed by atoms with E-state index < -0.39 is 5.82 Å². The van der Waals surface area contributed by atoms with Gasteiger partial charge in [-0.1, -0.05) is 17.7 Å². The predicted octanol–water partition coefficient (Wildman–Crippen LogP) is 3.21. The number of rotatable bonds is 2. The number of benzene rings is 1. The summed E-state index contributed by atoms with van der Waals surface area (Å²) in [7, 11) is 1.47. The molecule has 5 nitrogen and oxygen atoms in total. The van der Waals surface area contributed by atoms with Crippen LogP contribution in [0.5, 0.6) is 5.75 Å². The van der Waals surface area contributed by atoms with E-state index in [2.05, 4.69) is 15.3 Å². The molecular formula is C14H12ClFN4O. The zero-order chi connectivity index (χ0) is 15.1. The van der Waals surface area contributed by atoms with E-state index >= 15 is 0 Å². The summed E-state index contributed by atoms with van der Waals surface area (Å²) in [6, 6.07) is 4.56. The van der Waals surface area contributed by atoms with E-state index in [1.807, 2.05) is 13.8 Å². The van der Waals surface area contributed by atoms with Gasteiger partial charge in [0.1, 0.15) is 11.6 Å². The number of aromatic nitrogens is 4. The third kappa shape index (κ3) is 2.03. The molecule has 0 bridgehead atoms. The van der Waals surface area contributed by atoms with Crippen molar-refractivity contribution in [3.63, 3.8) is 0 Å². The van der Waals surface area contributed by atoms with Crippen molar-refractivity contribution in [1.82, 2.24) is 19.8 Å². The lowest BCUT2D eigenvalue weighted by Crippen LogP contribution is -2.02. The molecule has 3 aromatic rings. The lowest BCUT2D eigenvalue weighted by Gasteiger charge is -2.09. The van der Waals surface area contributed by atoms with E-state index in [0.717, 1.165) is 11.1 Å². The van der Waals surface area contributed by atoms with Crippen LogP contribution in [0, 0.1) is 19.7 Å². The van der Waals surface area contributed by atoms with E-state index in [1.54, 1.807) is 12.1 Å². The summed E-state index contributed by atoms with van der Waals surface area (Å²) >= 11 is 6.11. The SMILES string of the molecule is COc1cccc(F)c1-c1nnc2c(C)c(C)c(Cl)nn12. The van der Waals surface area contributed by atoms with E-state index in [-0.39, 0.29) is 11.4 Å². The minimum atomic E-state index is -0.459. The maximum absolute atomic E-state index is 14.2. The summed E-state index contributed by atoms with van der Waals surface area (Å²) in [5.74, 6) is 0.158. The minimum absolute atomic E-state index is 0.208. The highest BCUT2D eigenvalue weighted by atomic mass is 35.5. The smallest absolute Gasteiger partial charge is 0.192 e. The number of ether oxygens (including phenoxy) is 1. The fraction of sp³-hybridized carbons (Fsp3) is 0.214. The van der Waals surface area contributed by atoms with E-state index in [0.29, 0.717) is 16.5 Å². The van der Waals surface area contributed by atoms with Crippen molar-refractivity contribution < 1.29 is 9.13 Å². The average molecular weight is 307 g/mol. The Labute approximate surface area is 125 Å². The Bertz CT molecular complexity index is 847. The van der Waals surface area contributed by atoms with Gasteiger partial charge < -0.3 is 4.74 Å². The molecule has 0 aliphatic carbocycles. The van der Waals surface area contributed by atoms with Crippen molar-refractivity contribution in [3.8, 4) is 17.1 Å². The van der Waals surface area contributed by atoms with Crippen LogP contribution in [0.2, 0.25) is 5.15 Å². The Balaban J connectivity index is 2.38. The van der Waals surface area contributed by atoms with Crippen LogP contribution >= 0.6 is 11.6 Å². The highest BCUT2D eigenvalue weighted by molar-refractivity contribution is 6.30. The first-order chi connectivity index (χ1) is 10.0. The molecule has 0 N–H and O–H groups in total. The highest BCUT2D eigenvalue weighted by Gasteiger charge is 2.20. The summed E-state index contributed by atoms with van der Waals surface area (Å²) in [6.07, 6.45) is 0. The topological polar surface area (TPSA) is 52.3 Å². The number of hydrogen-bond donors (Lipinski definition) is 0. The van der Waals surface area contributed by atoms with Gasteiger partial charge in [-0.3, -0.25) is 0 Å². The van der Waals surface area contributed by atoms with Gasteiger partial charge in [0.2, 0.25) is 0 Å². The van der Waals surface area contributed by atoms with Crippen molar-refractivity contribution >= 4 is 17.2 Å². The third-order valence-electron chi connectivity index (χ3n) is 3.45. The van der Waals surface area contributed by atoms with Gasteiger partial charge >= 0.3 is 0 Å². The first kappa shape index (κ1) is 13.8. The first-order valence-corrected chi connectivity index (χ1v) is 6.63. The molecule has 0 radical (unpaired) electrons. The second kappa shape index (κ2) is 4.96. The summed E-state index contributed by atoms with van der Waals surface area (Å²) in [6.45, 7) is 3.72. The molecule has 0 amide bonds. The Morgan fingerprint density at radius 2 is 1.95 bits per heavy atom. The Kier molecular flexibility index (Phi) is 3.25. The molecule has 0 saturated heterocycles. The van der Waals surface area contributed by atoms with Gasteiger partial charge in [-0.25, -0.2) is 4.39 Å². The molecule has 1 aromatic carbocycles. The number of halogens is 2. The molecular weight excluding hydrogens is 295 g/mol. The van der Waals surface area contributed by atoms with Gasteiger partial charge in [-0.2, -0.15) is 9.61 Å². The molecule has 0 spiro atoms. The predicted molar refractivity (Wildman–Crippen MR) is 77.2 cm³/mol. The standard InChI is InChI=1S/C14H12ClFN4O/c1-7-8(2)13-17-18-14(20(13)19-12(7)15)11-9(16)5-4-6-10(11)21-3/h4-6H,1-3H3. The molecule has 7 heteroatoms. The Morgan fingerprint density at radius 1 is 1.19 bits per heavy atom. The van der Waals surface area contributed by atoms with Crippen LogP contribution in [0.4, 0.5) is 4.39 Å². The van der Waals surface area contributed by atoms with Gasteiger partial charge in [0.05, 0.1) is 12.7 Å². The van der Waals surface area contributed by atoms with Gasteiger partial charge in [0, 0.05) is 5.56 Å². The van der Waals surface area contributed by atoms with Crippen LogP contribution in [0.1, 0.15) is 11.1 Å². The minimum Gasteiger partial charge on any atom is -0.496 e. The zero-order valence-electron chi connectivity index (χ0n) is 11.7. The van der Waals surface area contributed by atoms with Crippen LogP contribution in [0.25, 0.3) is 17.0 Å². The summed E-state index contributed by atoms with van der Waals surface area (Å²) in [4.78, 5) is 0. The molecule has 0 fully saturated rings. The Morgan fingerprint density at radius 3 is 2.67 bits per heavy atom. The van der Waals surface area contributed by atoms with Gasteiger partial charge in [0.15, 0.2) is 16.6 Å². The normalized spacial score (nSPS) is 11.1. The van der Waals surface area contributed by atoms with E-state index in [9.17, 15) is 4.39 Å². The zero-order valence-corrected chi connectivity index (χ0v) is 12.4. The third-order valence-corrected chi connectivity index (χ3v) is 3.81. The fourth-order valence-corrected chi connectivity index (χ4v) is 2.36. The molecule has 0 unspecified atom stereocenters. The van der Waals surface area contributed by atoms with E-state index in [4.69, 9.17) is 16.3 Å². The Hall–Kier alpha value is -2.21. The van der Waals surface area contributed by atoms with Crippen molar-refractivity contribution in [3.05, 3.63) is 40.3 Å². The van der Waals surface area contributed by atoms with Crippen LogP contribution in [-0.4, -0.2) is 26.9 Å². The maximum Gasteiger partial charge on any atom is 0.192 e. The van der Waals surface area contributed by atoms with Crippen LogP contribution < -0.4 is 4.74 Å². The molecule has 21 heavy (non-hydrogen) atoms. The molecule has 2 aromatic heterocycles. The fourth-order valence-electron chi connectivity index (χ4n) is 2.14. The summed E-state index contributed by atoms with van der Waals surface area (Å²) in [5, 5.41) is 12.7. The lowest BCUT2D eigenvalue weighted by atomic mass is 10.1. The van der Waals surface area contributed by atoms with Crippen LogP contribution in [0.15, 0.2) is 18.2 Å². The van der Waals surface area contributed by atoms with Gasteiger partial charge in [0.25, 0.3) is 0 Å². The average Bonchev–Trinajstić information content (AvgIpc) is 2.88. The maximum atomic E-state index is 14.2. The summed E-state index contributed by atoms with van der Waals surface area (Å²) in [5.41, 5.74) is 2.42. The van der Waals surface area contributed by atoms with Crippen molar-refractivity contribution in [2.24, 2.45) is 0 Å². The van der Waals surface area contributed by atoms with Crippen molar-refractivity contribution in [2.75, 3.05) is 7.11 Å². The number of hydrogen-bond acceptors (Lipinski definition) is 4. The first-order valence-electron chi connectivity index (χ1n) is 6.25. The number of fused-ring (bicyclic) bond motifs is 1. The molecule has 0 atom stereocenters. The second-order valence-electron chi connectivity index (χ2n) is 4.62. The molecule has 0 aliphatic heterocycles. The monoisotopic (exact) mass is 306 g/mol. The van der Waals surface area contributed by atoms with E-state index in [1.165, 1.54) is 17.7 Å². The number of nitrogens with zero attached hydrogens (tertiary/aromatic N) is 4. The second-order valence-corrected chi connectivity index (χ2v) is 4.97. The summed E-state index contributed by atoms with van der Waals surface area (Å²) < 4.78 is 20.8. The highest BCUT2D eigenvalue weighted by Crippen LogP contribution is 2.32. The molecule has 108 valence electrons. The number of methoxy groups -OCH3 is 1.